The average molecular weight is 377 g/mol. The Kier molecular flexibility index (Phi) is 5.82. The van der Waals surface area contributed by atoms with E-state index in [0.29, 0.717) is 36.4 Å². The van der Waals surface area contributed by atoms with Crippen LogP contribution in [0, 0.1) is 0 Å². The Bertz CT molecular complexity index is 722. The van der Waals surface area contributed by atoms with Gasteiger partial charge in [0.2, 0.25) is 5.75 Å². The number of carbonyl (C=O) groups excluding carboxylic acids is 1. The van der Waals surface area contributed by atoms with Crippen LogP contribution in [-0.4, -0.2) is 43.3 Å². The molecule has 1 N–H and O–H groups in total. The molecule has 1 fully saturated rings. The van der Waals surface area contributed by atoms with Crippen molar-refractivity contribution < 1.29 is 19.0 Å². The predicted octanol–water partition coefficient (Wildman–Crippen LogP) is 3.04. The van der Waals surface area contributed by atoms with Gasteiger partial charge < -0.3 is 24.4 Å². The van der Waals surface area contributed by atoms with E-state index in [1.54, 1.807) is 38.9 Å². The first-order chi connectivity index (χ1) is 12.7. The molecule has 8 heteroatoms. The van der Waals surface area contributed by atoms with Gasteiger partial charge in [-0.05, 0) is 30.5 Å². The van der Waals surface area contributed by atoms with Gasteiger partial charge in [0.1, 0.15) is 5.01 Å². The molecule has 1 saturated carbocycles. The Morgan fingerprint density at radius 1 is 1.23 bits per heavy atom. The van der Waals surface area contributed by atoms with Crippen molar-refractivity contribution in [2.24, 2.45) is 0 Å². The number of thiazole rings is 1. The Hall–Kier alpha value is -2.48. The summed E-state index contributed by atoms with van der Waals surface area (Å²) < 4.78 is 16.0. The molecule has 26 heavy (non-hydrogen) atoms. The van der Waals surface area contributed by atoms with Gasteiger partial charge in [-0.2, -0.15) is 0 Å². The lowest BCUT2D eigenvalue weighted by Gasteiger charge is -2.22. The molecule has 1 aromatic carbocycles. The van der Waals surface area contributed by atoms with Crippen LogP contribution in [0.3, 0.4) is 0 Å². The number of rotatable bonds is 8. The molecule has 0 spiro atoms. The van der Waals surface area contributed by atoms with Crippen molar-refractivity contribution in [1.29, 1.82) is 0 Å². The number of methoxy groups -OCH3 is 3. The van der Waals surface area contributed by atoms with E-state index in [-0.39, 0.29) is 6.03 Å². The third-order valence-electron chi connectivity index (χ3n) is 4.21. The maximum absolute atomic E-state index is 12.7. The molecule has 2 aromatic rings. The monoisotopic (exact) mass is 377 g/mol. The Labute approximate surface area is 156 Å². The lowest BCUT2D eigenvalue weighted by molar-refractivity contribution is 0.191. The van der Waals surface area contributed by atoms with Gasteiger partial charge in [-0.1, -0.05) is 0 Å². The second-order valence-corrected chi connectivity index (χ2v) is 6.96. The fourth-order valence-electron chi connectivity index (χ4n) is 2.75. The summed E-state index contributed by atoms with van der Waals surface area (Å²) in [6.45, 7) is 0.917. The number of amides is 2. The normalized spacial score (nSPS) is 13.2. The van der Waals surface area contributed by atoms with Crippen molar-refractivity contribution >= 4 is 17.4 Å². The average Bonchev–Trinajstić information content (AvgIpc) is 3.38. The number of nitrogens with one attached hydrogen (secondary N) is 1. The first-order valence-electron chi connectivity index (χ1n) is 8.38. The maximum atomic E-state index is 12.7. The molecule has 1 aliphatic rings. The summed E-state index contributed by atoms with van der Waals surface area (Å²) in [6.07, 6.45) is 3.85. The predicted molar refractivity (Wildman–Crippen MR) is 99.0 cm³/mol. The molecule has 7 nitrogen and oxygen atoms in total. The SMILES string of the molecule is COc1cc(CNC(=O)N(Cc2nccs2)C2CC2)cc(OC)c1OC. The van der Waals surface area contributed by atoms with Crippen LogP contribution in [0.4, 0.5) is 4.79 Å². The quantitative estimate of drug-likeness (QED) is 0.765. The number of hydrogen-bond donors (Lipinski definition) is 1. The summed E-state index contributed by atoms with van der Waals surface area (Å²) in [7, 11) is 4.71. The number of benzene rings is 1. The molecule has 0 saturated heterocycles. The zero-order valence-electron chi connectivity index (χ0n) is 15.2. The van der Waals surface area contributed by atoms with E-state index in [1.807, 2.05) is 22.4 Å². The molecule has 0 bridgehead atoms. The fourth-order valence-corrected chi connectivity index (χ4v) is 3.36. The molecule has 0 radical (unpaired) electrons. The maximum Gasteiger partial charge on any atom is 0.318 e. The zero-order valence-corrected chi connectivity index (χ0v) is 16.0. The van der Waals surface area contributed by atoms with Crippen LogP contribution >= 0.6 is 11.3 Å². The van der Waals surface area contributed by atoms with Crippen LogP contribution in [0.15, 0.2) is 23.7 Å². The van der Waals surface area contributed by atoms with Crippen LogP contribution in [0.25, 0.3) is 0 Å². The molecule has 1 aliphatic carbocycles. The minimum atomic E-state index is -0.0866. The summed E-state index contributed by atoms with van der Waals surface area (Å²) >= 11 is 1.56. The summed E-state index contributed by atoms with van der Waals surface area (Å²) in [4.78, 5) is 18.8. The van der Waals surface area contributed by atoms with E-state index in [4.69, 9.17) is 14.2 Å². The van der Waals surface area contributed by atoms with Crippen molar-refractivity contribution in [3.05, 3.63) is 34.3 Å². The van der Waals surface area contributed by atoms with E-state index in [0.717, 1.165) is 23.4 Å². The largest absolute Gasteiger partial charge is 0.493 e. The molecular weight excluding hydrogens is 354 g/mol. The van der Waals surface area contributed by atoms with Gasteiger partial charge in [-0.25, -0.2) is 9.78 Å². The van der Waals surface area contributed by atoms with Crippen molar-refractivity contribution in [3.63, 3.8) is 0 Å². The van der Waals surface area contributed by atoms with Crippen molar-refractivity contribution in [1.82, 2.24) is 15.2 Å². The van der Waals surface area contributed by atoms with E-state index >= 15 is 0 Å². The van der Waals surface area contributed by atoms with Gasteiger partial charge in [0.25, 0.3) is 0 Å². The molecule has 1 heterocycles. The highest BCUT2D eigenvalue weighted by atomic mass is 32.1. The summed E-state index contributed by atoms with van der Waals surface area (Å²) in [6, 6.07) is 3.89. The number of aromatic nitrogens is 1. The van der Waals surface area contributed by atoms with Crippen LogP contribution in [0.1, 0.15) is 23.4 Å². The minimum absolute atomic E-state index is 0.0866. The molecule has 0 unspecified atom stereocenters. The molecule has 1 aromatic heterocycles. The second kappa shape index (κ2) is 8.27. The number of carbonyl (C=O) groups is 1. The van der Waals surface area contributed by atoms with E-state index in [9.17, 15) is 4.79 Å². The van der Waals surface area contributed by atoms with Crippen LogP contribution in [0.2, 0.25) is 0 Å². The van der Waals surface area contributed by atoms with Crippen molar-refractivity contribution in [2.75, 3.05) is 21.3 Å². The standard InChI is InChI=1S/C18H23N3O4S/c1-23-14-8-12(9-15(24-2)17(14)25-3)10-20-18(22)21(13-4-5-13)11-16-19-6-7-26-16/h6-9,13H,4-5,10-11H2,1-3H3,(H,20,22). The number of nitrogens with zero attached hydrogens (tertiary/aromatic N) is 2. The third kappa shape index (κ3) is 4.19. The van der Waals surface area contributed by atoms with Crippen LogP contribution in [0.5, 0.6) is 17.2 Å². The molecule has 0 atom stereocenters. The van der Waals surface area contributed by atoms with E-state index in [2.05, 4.69) is 10.3 Å². The van der Waals surface area contributed by atoms with Crippen molar-refractivity contribution in [2.45, 2.75) is 32.0 Å². The Balaban J connectivity index is 1.68. The van der Waals surface area contributed by atoms with Gasteiger partial charge in [0, 0.05) is 24.2 Å². The molecular formula is C18H23N3O4S. The lowest BCUT2D eigenvalue weighted by atomic mass is 10.2. The molecule has 0 aliphatic heterocycles. The van der Waals surface area contributed by atoms with Crippen LogP contribution < -0.4 is 19.5 Å². The highest BCUT2D eigenvalue weighted by Crippen LogP contribution is 2.38. The van der Waals surface area contributed by atoms with E-state index < -0.39 is 0 Å². The lowest BCUT2D eigenvalue weighted by Crippen LogP contribution is -2.40. The van der Waals surface area contributed by atoms with Crippen molar-refractivity contribution in [3.8, 4) is 17.2 Å². The van der Waals surface area contributed by atoms with Gasteiger partial charge in [-0.3, -0.25) is 0 Å². The zero-order chi connectivity index (χ0) is 18.5. The first kappa shape index (κ1) is 18.3. The summed E-state index contributed by atoms with van der Waals surface area (Å²) in [5.41, 5.74) is 0.873. The fraction of sp³-hybridized carbons (Fsp3) is 0.444. The topological polar surface area (TPSA) is 72.9 Å². The highest BCUT2D eigenvalue weighted by Gasteiger charge is 2.33. The van der Waals surface area contributed by atoms with Gasteiger partial charge in [-0.15, -0.1) is 11.3 Å². The summed E-state index contributed by atoms with van der Waals surface area (Å²) in [5, 5.41) is 5.85. The molecule has 2 amide bonds. The highest BCUT2D eigenvalue weighted by molar-refractivity contribution is 7.09. The summed E-state index contributed by atoms with van der Waals surface area (Å²) in [5.74, 6) is 1.67. The smallest absolute Gasteiger partial charge is 0.318 e. The second-order valence-electron chi connectivity index (χ2n) is 5.98. The molecule has 3 rings (SSSR count). The molecule has 140 valence electrons. The number of ether oxygens (including phenoxy) is 3. The third-order valence-corrected chi connectivity index (χ3v) is 4.97. The van der Waals surface area contributed by atoms with E-state index in [1.165, 1.54) is 0 Å². The number of urea groups is 1. The van der Waals surface area contributed by atoms with Gasteiger partial charge in [0.15, 0.2) is 11.5 Å². The minimum Gasteiger partial charge on any atom is -0.493 e. The Morgan fingerprint density at radius 2 is 1.92 bits per heavy atom. The first-order valence-corrected chi connectivity index (χ1v) is 9.26. The Morgan fingerprint density at radius 3 is 2.42 bits per heavy atom. The van der Waals surface area contributed by atoms with Crippen LogP contribution in [-0.2, 0) is 13.1 Å². The van der Waals surface area contributed by atoms with Gasteiger partial charge in [0.05, 0.1) is 27.9 Å². The van der Waals surface area contributed by atoms with Gasteiger partial charge >= 0.3 is 6.03 Å². The number of hydrogen-bond acceptors (Lipinski definition) is 6.